The Morgan fingerprint density at radius 3 is 2.43 bits per heavy atom. The van der Waals surface area contributed by atoms with Gasteiger partial charge in [-0.3, -0.25) is 4.79 Å². The van der Waals surface area contributed by atoms with Crippen molar-refractivity contribution in [1.82, 2.24) is 4.90 Å². The van der Waals surface area contributed by atoms with Crippen LogP contribution in [0.2, 0.25) is 5.02 Å². The number of ether oxygens (including phenoxy) is 2. The molecule has 0 saturated carbocycles. The van der Waals surface area contributed by atoms with E-state index in [0.717, 1.165) is 36.9 Å². The molecular formula is C15H21ClN2O3. The minimum Gasteiger partial charge on any atom is -0.382 e. The van der Waals surface area contributed by atoms with E-state index in [0.29, 0.717) is 13.2 Å². The van der Waals surface area contributed by atoms with Gasteiger partial charge in [0.15, 0.2) is 0 Å². The molecule has 0 radical (unpaired) electrons. The van der Waals surface area contributed by atoms with Crippen LogP contribution in [0.4, 0.5) is 5.69 Å². The van der Waals surface area contributed by atoms with E-state index in [-0.39, 0.29) is 12.5 Å². The van der Waals surface area contributed by atoms with Gasteiger partial charge < -0.3 is 19.3 Å². The first-order valence-electron chi connectivity index (χ1n) is 7.05. The van der Waals surface area contributed by atoms with Crippen LogP contribution in [0.25, 0.3) is 0 Å². The van der Waals surface area contributed by atoms with E-state index in [1.807, 2.05) is 29.2 Å². The smallest absolute Gasteiger partial charge is 0.248 e. The van der Waals surface area contributed by atoms with Gasteiger partial charge in [0.1, 0.15) is 6.61 Å². The van der Waals surface area contributed by atoms with Gasteiger partial charge in [-0.25, -0.2) is 0 Å². The average molecular weight is 313 g/mol. The molecule has 1 heterocycles. The Morgan fingerprint density at radius 1 is 1.14 bits per heavy atom. The molecule has 1 aliphatic heterocycles. The van der Waals surface area contributed by atoms with Crippen LogP contribution >= 0.6 is 11.6 Å². The lowest BCUT2D eigenvalue weighted by Gasteiger charge is -2.36. The summed E-state index contributed by atoms with van der Waals surface area (Å²) in [6, 6.07) is 7.79. The zero-order valence-corrected chi connectivity index (χ0v) is 13.0. The average Bonchev–Trinajstić information content (AvgIpc) is 2.52. The van der Waals surface area contributed by atoms with E-state index in [9.17, 15) is 4.79 Å². The van der Waals surface area contributed by atoms with Crippen LogP contribution in [0.3, 0.4) is 0 Å². The van der Waals surface area contributed by atoms with Gasteiger partial charge in [0.2, 0.25) is 5.91 Å². The van der Waals surface area contributed by atoms with Crippen molar-refractivity contribution in [3.8, 4) is 0 Å². The first kappa shape index (κ1) is 16.1. The second-order valence-corrected chi connectivity index (χ2v) is 5.33. The van der Waals surface area contributed by atoms with Crippen molar-refractivity contribution in [1.29, 1.82) is 0 Å². The number of carbonyl (C=O) groups excluding carboxylic acids is 1. The van der Waals surface area contributed by atoms with Crippen LogP contribution in [0.15, 0.2) is 24.3 Å². The van der Waals surface area contributed by atoms with Crippen molar-refractivity contribution < 1.29 is 14.3 Å². The van der Waals surface area contributed by atoms with Gasteiger partial charge in [-0.1, -0.05) is 11.6 Å². The molecule has 2 rings (SSSR count). The van der Waals surface area contributed by atoms with Gasteiger partial charge >= 0.3 is 0 Å². The third kappa shape index (κ3) is 4.88. The second kappa shape index (κ2) is 8.22. The Hall–Kier alpha value is -1.30. The number of hydrogen-bond donors (Lipinski definition) is 0. The minimum absolute atomic E-state index is 0.0434. The molecule has 1 aromatic rings. The van der Waals surface area contributed by atoms with Crippen molar-refractivity contribution in [2.24, 2.45) is 0 Å². The Balaban J connectivity index is 1.75. The van der Waals surface area contributed by atoms with Crippen LogP contribution in [0.1, 0.15) is 0 Å². The third-order valence-electron chi connectivity index (χ3n) is 3.48. The number of nitrogens with zero attached hydrogens (tertiary/aromatic N) is 2. The number of rotatable bonds is 6. The largest absolute Gasteiger partial charge is 0.382 e. The quantitative estimate of drug-likeness (QED) is 0.749. The summed E-state index contributed by atoms with van der Waals surface area (Å²) in [5.41, 5.74) is 1.14. The Bertz CT molecular complexity index is 445. The maximum absolute atomic E-state index is 12.0. The van der Waals surface area contributed by atoms with E-state index in [1.165, 1.54) is 0 Å². The maximum atomic E-state index is 12.0. The fraction of sp³-hybridized carbons (Fsp3) is 0.533. The lowest BCUT2D eigenvalue weighted by Crippen LogP contribution is -2.49. The molecule has 0 aliphatic carbocycles. The van der Waals surface area contributed by atoms with Crippen molar-refractivity contribution in [3.63, 3.8) is 0 Å². The SMILES string of the molecule is COCCOCC(=O)N1CCN(c2ccc(Cl)cc2)CC1. The third-order valence-corrected chi connectivity index (χ3v) is 3.73. The van der Waals surface area contributed by atoms with Crippen molar-refractivity contribution in [3.05, 3.63) is 29.3 Å². The molecule has 5 nitrogen and oxygen atoms in total. The van der Waals surface area contributed by atoms with E-state index >= 15 is 0 Å². The molecule has 0 atom stereocenters. The number of amides is 1. The molecule has 1 aromatic carbocycles. The fourth-order valence-electron chi connectivity index (χ4n) is 2.26. The molecule has 1 amide bonds. The van der Waals surface area contributed by atoms with Crippen LogP contribution < -0.4 is 4.90 Å². The lowest BCUT2D eigenvalue weighted by molar-refractivity contribution is -0.136. The summed E-state index contributed by atoms with van der Waals surface area (Å²) in [6.07, 6.45) is 0. The molecule has 1 aliphatic rings. The zero-order valence-electron chi connectivity index (χ0n) is 12.3. The van der Waals surface area contributed by atoms with Gasteiger partial charge in [-0.05, 0) is 24.3 Å². The number of carbonyl (C=O) groups is 1. The highest BCUT2D eigenvalue weighted by atomic mass is 35.5. The van der Waals surface area contributed by atoms with Gasteiger partial charge in [0.05, 0.1) is 13.2 Å². The number of halogens is 1. The van der Waals surface area contributed by atoms with E-state index < -0.39 is 0 Å². The minimum atomic E-state index is 0.0434. The summed E-state index contributed by atoms with van der Waals surface area (Å²) in [6.45, 7) is 4.18. The van der Waals surface area contributed by atoms with Crippen LogP contribution in [0, 0.1) is 0 Å². The number of anilines is 1. The van der Waals surface area contributed by atoms with Crippen LogP contribution in [0.5, 0.6) is 0 Å². The normalized spacial score (nSPS) is 15.3. The molecule has 0 aromatic heterocycles. The predicted octanol–water partition coefficient (Wildman–Crippen LogP) is 1.65. The monoisotopic (exact) mass is 312 g/mol. The molecule has 116 valence electrons. The number of benzene rings is 1. The molecule has 1 saturated heterocycles. The lowest BCUT2D eigenvalue weighted by atomic mass is 10.2. The molecule has 0 N–H and O–H groups in total. The molecule has 1 fully saturated rings. The van der Waals surface area contributed by atoms with Crippen molar-refractivity contribution in [2.75, 3.05) is 58.0 Å². The van der Waals surface area contributed by atoms with Gasteiger partial charge in [0, 0.05) is 44.0 Å². The van der Waals surface area contributed by atoms with Crippen molar-refractivity contribution in [2.45, 2.75) is 0 Å². The highest BCUT2D eigenvalue weighted by molar-refractivity contribution is 6.30. The molecule has 21 heavy (non-hydrogen) atoms. The van der Waals surface area contributed by atoms with Crippen LogP contribution in [-0.4, -0.2) is 63.9 Å². The summed E-state index contributed by atoms with van der Waals surface area (Å²) in [7, 11) is 1.61. The number of hydrogen-bond acceptors (Lipinski definition) is 4. The molecular weight excluding hydrogens is 292 g/mol. The number of piperazine rings is 1. The maximum Gasteiger partial charge on any atom is 0.248 e. The summed E-state index contributed by atoms with van der Waals surface area (Å²) in [4.78, 5) is 16.1. The Labute approximate surface area is 130 Å². The molecule has 6 heteroatoms. The Kier molecular flexibility index (Phi) is 6.29. The highest BCUT2D eigenvalue weighted by Gasteiger charge is 2.21. The molecule has 0 unspecified atom stereocenters. The standard InChI is InChI=1S/C15H21ClN2O3/c1-20-10-11-21-12-15(19)18-8-6-17(7-9-18)14-4-2-13(16)3-5-14/h2-5H,6-12H2,1H3. The van der Waals surface area contributed by atoms with E-state index in [4.69, 9.17) is 21.1 Å². The second-order valence-electron chi connectivity index (χ2n) is 4.89. The van der Waals surface area contributed by atoms with Gasteiger partial charge in [0.25, 0.3) is 0 Å². The molecule has 0 bridgehead atoms. The molecule has 0 spiro atoms. The first-order valence-corrected chi connectivity index (χ1v) is 7.43. The summed E-state index contributed by atoms with van der Waals surface area (Å²) in [5, 5.41) is 0.737. The van der Waals surface area contributed by atoms with E-state index in [1.54, 1.807) is 7.11 Å². The van der Waals surface area contributed by atoms with Gasteiger partial charge in [-0.2, -0.15) is 0 Å². The Morgan fingerprint density at radius 2 is 1.81 bits per heavy atom. The van der Waals surface area contributed by atoms with Crippen molar-refractivity contribution >= 4 is 23.2 Å². The zero-order chi connectivity index (χ0) is 15.1. The van der Waals surface area contributed by atoms with Crippen LogP contribution in [-0.2, 0) is 14.3 Å². The summed E-state index contributed by atoms with van der Waals surface area (Å²) >= 11 is 5.89. The first-order chi connectivity index (χ1) is 10.2. The summed E-state index contributed by atoms with van der Waals surface area (Å²) in [5.74, 6) is 0.0434. The van der Waals surface area contributed by atoms with Gasteiger partial charge in [-0.15, -0.1) is 0 Å². The summed E-state index contributed by atoms with van der Waals surface area (Å²) < 4.78 is 10.1. The van der Waals surface area contributed by atoms with E-state index in [2.05, 4.69) is 4.90 Å². The fourth-order valence-corrected chi connectivity index (χ4v) is 2.38. The number of methoxy groups -OCH3 is 1. The topological polar surface area (TPSA) is 42.0 Å². The highest BCUT2D eigenvalue weighted by Crippen LogP contribution is 2.19. The predicted molar refractivity (Wildman–Crippen MR) is 82.9 cm³/mol.